The van der Waals surface area contributed by atoms with Crippen molar-refractivity contribution < 1.29 is 13.6 Å². The molecule has 5 heteroatoms. The van der Waals surface area contributed by atoms with Gasteiger partial charge in [0.25, 0.3) is 0 Å². The third-order valence-electron chi connectivity index (χ3n) is 3.16. The van der Waals surface area contributed by atoms with Gasteiger partial charge in [0.2, 0.25) is 5.91 Å². The molecule has 0 saturated carbocycles. The Kier molecular flexibility index (Phi) is 3.91. The number of carbonyl (C=O) groups is 1. The molecule has 0 aromatic heterocycles. The zero-order valence-corrected chi connectivity index (χ0v) is 10.2. The molecule has 1 aliphatic rings. The first-order chi connectivity index (χ1) is 8.58. The summed E-state index contributed by atoms with van der Waals surface area (Å²) in [6.07, 6.45) is 1.61. The standard InChI is InChI=1S/C13H16F2N2O/c1-8(10-7-9(14)4-5-11(10)15)17-12-3-2-6-16-13(12)18/h4-5,7-8,12,17H,2-3,6H2,1H3,(H,16,18). The molecule has 0 aliphatic carbocycles. The first-order valence-electron chi connectivity index (χ1n) is 6.06. The number of amides is 1. The number of hydrogen-bond acceptors (Lipinski definition) is 2. The van der Waals surface area contributed by atoms with Crippen molar-refractivity contribution in [3.05, 3.63) is 35.4 Å². The van der Waals surface area contributed by atoms with E-state index in [1.165, 1.54) is 0 Å². The van der Waals surface area contributed by atoms with E-state index in [2.05, 4.69) is 10.6 Å². The Morgan fingerprint density at radius 1 is 1.44 bits per heavy atom. The highest BCUT2D eigenvalue weighted by Crippen LogP contribution is 2.19. The summed E-state index contributed by atoms with van der Waals surface area (Å²) in [5.41, 5.74) is 0.244. The van der Waals surface area contributed by atoms with Crippen LogP contribution in [0.15, 0.2) is 18.2 Å². The van der Waals surface area contributed by atoms with Gasteiger partial charge in [0.1, 0.15) is 11.6 Å². The minimum absolute atomic E-state index is 0.0788. The Bertz CT molecular complexity index is 451. The zero-order valence-electron chi connectivity index (χ0n) is 10.2. The lowest BCUT2D eigenvalue weighted by Gasteiger charge is -2.26. The fourth-order valence-corrected chi connectivity index (χ4v) is 2.17. The molecule has 0 bridgehead atoms. The van der Waals surface area contributed by atoms with E-state index < -0.39 is 17.7 Å². The molecule has 2 N–H and O–H groups in total. The molecule has 1 saturated heterocycles. The van der Waals surface area contributed by atoms with E-state index in [1.807, 2.05) is 0 Å². The van der Waals surface area contributed by atoms with Crippen LogP contribution in [0.4, 0.5) is 8.78 Å². The van der Waals surface area contributed by atoms with E-state index in [4.69, 9.17) is 0 Å². The maximum Gasteiger partial charge on any atom is 0.237 e. The monoisotopic (exact) mass is 254 g/mol. The van der Waals surface area contributed by atoms with Crippen LogP contribution in [0, 0.1) is 11.6 Å². The van der Waals surface area contributed by atoms with Gasteiger partial charge in [0, 0.05) is 18.2 Å². The van der Waals surface area contributed by atoms with Gasteiger partial charge in [0.05, 0.1) is 6.04 Å². The number of rotatable bonds is 3. The van der Waals surface area contributed by atoms with Crippen LogP contribution in [-0.2, 0) is 4.79 Å². The normalized spacial score (nSPS) is 21.5. The summed E-state index contributed by atoms with van der Waals surface area (Å²) >= 11 is 0. The van der Waals surface area contributed by atoms with E-state index in [0.29, 0.717) is 13.0 Å². The fraction of sp³-hybridized carbons (Fsp3) is 0.462. The van der Waals surface area contributed by atoms with Gasteiger partial charge in [-0.3, -0.25) is 10.1 Å². The molecule has 1 aromatic rings. The molecule has 3 nitrogen and oxygen atoms in total. The average molecular weight is 254 g/mol. The predicted octanol–water partition coefficient (Wildman–Crippen LogP) is 1.89. The Balaban J connectivity index is 2.08. The molecule has 1 fully saturated rings. The Morgan fingerprint density at radius 3 is 2.94 bits per heavy atom. The van der Waals surface area contributed by atoms with Gasteiger partial charge in [0.15, 0.2) is 0 Å². The van der Waals surface area contributed by atoms with Gasteiger partial charge in [-0.25, -0.2) is 8.78 Å². The molecule has 18 heavy (non-hydrogen) atoms. The highest BCUT2D eigenvalue weighted by molar-refractivity contribution is 5.82. The average Bonchev–Trinajstić information content (AvgIpc) is 2.35. The minimum atomic E-state index is -0.479. The second kappa shape index (κ2) is 5.44. The quantitative estimate of drug-likeness (QED) is 0.865. The smallest absolute Gasteiger partial charge is 0.237 e. The maximum atomic E-state index is 13.6. The Hall–Kier alpha value is -1.49. The van der Waals surface area contributed by atoms with Crippen molar-refractivity contribution in [2.24, 2.45) is 0 Å². The summed E-state index contributed by atoms with van der Waals surface area (Å²) in [7, 11) is 0. The van der Waals surface area contributed by atoms with Gasteiger partial charge in [-0.15, -0.1) is 0 Å². The number of carbonyl (C=O) groups excluding carboxylic acids is 1. The number of benzene rings is 1. The molecule has 1 heterocycles. The zero-order chi connectivity index (χ0) is 13.1. The van der Waals surface area contributed by atoms with Gasteiger partial charge in [-0.05, 0) is 38.0 Å². The second-order valence-electron chi connectivity index (χ2n) is 4.54. The van der Waals surface area contributed by atoms with Crippen LogP contribution in [0.2, 0.25) is 0 Å². The summed E-state index contributed by atoms with van der Waals surface area (Å²) in [6.45, 7) is 2.40. The van der Waals surface area contributed by atoms with Gasteiger partial charge < -0.3 is 5.32 Å². The van der Waals surface area contributed by atoms with Crippen molar-refractivity contribution in [1.82, 2.24) is 10.6 Å². The number of hydrogen-bond donors (Lipinski definition) is 2. The highest BCUT2D eigenvalue weighted by Gasteiger charge is 2.24. The molecule has 0 spiro atoms. The Labute approximate surface area is 105 Å². The lowest BCUT2D eigenvalue weighted by atomic mass is 10.0. The molecule has 1 aromatic carbocycles. The summed E-state index contributed by atoms with van der Waals surface area (Å²) in [4.78, 5) is 11.6. The van der Waals surface area contributed by atoms with E-state index in [9.17, 15) is 13.6 Å². The first kappa shape index (κ1) is 13.0. The SMILES string of the molecule is CC(NC1CCCNC1=O)c1cc(F)ccc1F. The van der Waals surface area contributed by atoms with Crippen LogP contribution in [0.3, 0.4) is 0 Å². The molecule has 0 radical (unpaired) electrons. The van der Waals surface area contributed by atoms with Crippen LogP contribution in [0.25, 0.3) is 0 Å². The van der Waals surface area contributed by atoms with Crippen LogP contribution in [0.1, 0.15) is 31.4 Å². The van der Waals surface area contributed by atoms with E-state index in [0.717, 1.165) is 24.6 Å². The van der Waals surface area contributed by atoms with Crippen molar-refractivity contribution in [2.75, 3.05) is 6.54 Å². The lowest BCUT2D eigenvalue weighted by Crippen LogP contribution is -2.49. The van der Waals surface area contributed by atoms with Crippen molar-refractivity contribution in [2.45, 2.75) is 31.8 Å². The van der Waals surface area contributed by atoms with Crippen molar-refractivity contribution in [1.29, 1.82) is 0 Å². The molecule has 2 rings (SSSR count). The third-order valence-corrected chi connectivity index (χ3v) is 3.16. The number of halogens is 2. The van der Waals surface area contributed by atoms with Crippen LogP contribution in [-0.4, -0.2) is 18.5 Å². The topological polar surface area (TPSA) is 41.1 Å². The predicted molar refractivity (Wildman–Crippen MR) is 63.9 cm³/mol. The highest BCUT2D eigenvalue weighted by atomic mass is 19.1. The summed E-state index contributed by atoms with van der Waals surface area (Å²) in [5.74, 6) is -1.02. The number of nitrogens with one attached hydrogen (secondary N) is 2. The summed E-state index contributed by atoms with van der Waals surface area (Å²) in [6, 6.07) is 2.60. The van der Waals surface area contributed by atoms with E-state index in [-0.39, 0.29) is 17.5 Å². The van der Waals surface area contributed by atoms with E-state index >= 15 is 0 Å². The maximum absolute atomic E-state index is 13.6. The van der Waals surface area contributed by atoms with Gasteiger partial charge in [-0.2, -0.15) is 0 Å². The summed E-state index contributed by atoms with van der Waals surface area (Å²) < 4.78 is 26.7. The first-order valence-corrected chi connectivity index (χ1v) is 6.06. The van der Waals surface area contributed by atoms with Crippen LogP contribution in [0.5, 0.6) is 0 Å². The molecule has 2 atom stereocenters. The third kappa shape index (κ3) is 2.85. The molecule has 1 amide bonds. The van der Waals surface area contributed by atoms with Crippen molar-refractivity contribution >= 4 is 5.91 Å². The number of piperidine rings is 1. The molecule has 2 unspecified atom stereocenters. The largest absolute Gasteiger partial charge is 0.355 e. The van der Waals surface area contributed by atoms with Crippen molar-refractivity contribution in [3.8, 4) is 0 Å². The summed E-state index contributed by atoms with van der Waals surface area (Å²) in [5, 5.41) is 5.78. The van der Waals surface area contributed by atoms with E-state index in [1.54, 1.807) is 6.92 Å². The molecular formula is C13H16F2N2O. The van der Waals surface area contributed by atoms with Crippen LogP contribution < -0.4 is 10.6 Å². The van der Waals surface area contributed by atoms with Gasteiger partial charge >= 0.3 is 0 Å². The van der Waals surface area contributed by atoms with Crippen molar-refractivity contribution in [3.63, 3.8) is 0 Å². The van der Waals surface area contributed by atoms with Gasteiger partial charge in [-0.1, -0.05) is 0 Å². The fourth-order valence-electron chi connectivity index (χ4n) is 2.17. The minimum Gasteiger partial charge on any atom is -0.355 e. The Morgan fingerprint density at radius 2 is 2.22 bits per heavy atom. The second-order valence-corrected chi connectivity index (χ2v) is 4.54. The van der Waals surface area contributed by atoms with Crippen LogP contribution >= 0.6 is 0 Å². The molecular weight excluding hydrogens is 238 g/mol. The molecule has 98 valence electrons. The lowest BCUT2D eigenvalue weighted by molar-refractivity contribution is -0.124. The molecule has 1 aliphatic heterocycles.